The third-order valence-electron chi connectivity index (χ3n) is 1.12. The fourth-order valence-corrected chi connectivity index (χ4v) is 0.639. The molecular formula is C8H9NY2-2. The normalized spacial score (nSPS) is 7.45. The Hall–Kier alpha value is 1.23. The second-order valence-corrected chi connectivity index (χ2v) is 1.88. The van der Waals surface area contributed by atoms with Crippen LogP contribution >= 0.6 is 0 Å². The largest absolute Gasteiger partial charge is 0.670 e. The summed E-state index contributed by atoms with van der Waals surface area (Å²) >= 11 is 0. The van der Waals surface area contributed by atoms with Crippen LogP contribution in [0, 0.1) is 14.1 Å². The van der Waals surface area contributed by atoms with E-state index in [0.29, 0.717) is 0 Å². The van der Waals surface area contributed by atoms with Crippen LogP contribution in [0.4, 0.5) is 5.69 Å². The molecule has 0 unspecified atom stereocenters. The van der Waals surface area contributed by atoms with Crippen molar-refractivity contribution in [1.82, 2.24) is 0 Å². The molecule has 3 heteroatoms. The Morgan fingerprint density at radius 1 is 0.909 bits per heavy atom. The molecule has 2 radical (unpaired) electrons. The summed E-state index contributed by atoms with van der Waals surface area (Å²) in [5.74, 6) is 0. The van der Waals surface area contributed by atoms with Crippen LogP contribution < -0.4 is 4.90 Å². The van der Waals surface area contributed by atoms with Gasteiger partial charge in [-0.15, -0.1) is 0 Å². The van der Waals surface area contributed by atoms with Crippen LogP contribution in [0.15, 0.2) is 30.3 Å². The van der Waals surface area contributed by atoms with E-state index in [9.17, 15) is 0 Å². The van der Waals surface area contributed by atoms with Gasteiger partial charge in [-0.3, -0.25) is 14.1 Å². The van der Waals surface area contributed by atoms with Gasteiger partial charge in [-0.05, 0) is 17.8 Å². The molecule has 54 valence electrons. The van der Waals surface area contributed by atoms with E-state index in [-0.39, 0.29) is 65.4 Å². The van der Waals surface area contributed by atoms with Crippen molar-refractivity contribution in [3.63, 3.8) is 0 Å². The summed E-state index contributed by atoms with van der Waals surface area (Å²) in [7, 11) is 7.26. The van der Waals surface area contributed by atoms with Gasteiger partial charge in [0.25, 0.3) is 0 Å². The van der Waals surface area contributed by atoms with E-state index >= 15 is 0 Å². The molecule has 0 amide bonds. The van der Waals surface area contributed by atoms with E-state index in [1.807, 2.05) is 30.3 Å². The average Bonchev–Trinajstić information content (AvgIpc) is 1.90. The van der Waals surface area contributed by atoms with E-state index in [2.05, 4.69) is 14.1 Å². The van der Waals surface area contributed by atoms with Crippen molar-refractivity contribution < 1.29 is 65.4 Å². The van der Waals surface area contributed by atoms with Gasteiger partial charge in [0.2, 0.25) is 0 Å². The van der Waals surface area contributed by atoms with Crippen LogP contribution in [0.3, 0.4) is 0 Å². The topological polar surface area (TPSA) is 3.24 Å². The molecule has 0 aliphatic heterocycles. The summed E-state index contributed by atoms with van der Waals surface area (Å²) < 4.78 is 0. The third kappa shape index (κ3) is 5.46. The predicted octanol–water partition coefficient (Wildman–Crippen LogP) is 2.07. The number of rotatable bonds is 1. The Labute approximate surface area is 119 Å². The zero-order valence-electron chi connectivity index (χ0n) is 6.40. The van der Waals surface area contributed by atoms with Gasteiger partial charge in [0.15, 0.2) is 0 Å². The molecule has 0 atom stereocenters. The maximum absolute atomic E-state index is 3.63. The monoisotopic (exact) mass is 297 g/mol. The molecule has 1 aromatic carbocycles. The number of hydrogen-bond acceptors (Lipinski definition) is 1. The minimum atomic E-state index is 0. The second kappa shape index (κ2) is 7.86. The molecule has 0 fully saturated rings. The Balaban J connectivity index is 0. The molecule has 0 heterocycles. The van der Waals surface area contributed by atoms with Gasteiger partial charge in [-0.2, -0.15) is 0 Å². The van der Waals surface area contributed by atoms with Gasteiger partial charge in [0.1, 0.15) is 0 Å². The van der Waals surface area contributed by atoms with E-state index in [4.69, 9.17) is 0 Å². The van der Waals surface area contributed by atoms with Crippen LogP contribution in [0.25, 0.3) is 0 Å². The molecule has 0 N–H and O–H groups in total. The van der Waals surface area contributed by atoms with Crippen LogP contribution in [0.1, 0.15) is 0 Å². The minimum absolute atomic E-state index is 0. The van der Waals surface area contributed by atoms with E-state index < -0.39 is 0 Å². The van der Waals surface area contributed by atoms with Crippen LogP contribution in [0.2, 0.25) is 0 Å². The first-order valence-electron chi connectivity index (χ1n) is 2.77. The maximum Gasteiger partial charge on any atom is 0 e. The van der Waals surface area contributed by atoms with Crippen LogP contribution in [-0.4, -0.2) is 0 Å². The first-order valence-corrected chi connectivity index (χ1v) is 2.77. The van der Waals surface area contributed by atoms with Crippen molar-refractivity contribution in [2.75, 3.05) is 4.90 Å². The summed E-state index contributed by atoms with van der Waals surface area (Å²) in [6, 6.07) is 9.80. The number of anilines is 1. The number of benzene rings is 1. The summed E-state index contributed by atoms with van der Waals surface area (Å²) in [4.78, 5) is 1.58. The van der Waals surface area contributed by atoms with Gasteiger partial charge in [-0.25, -0.2) is 0 Å². The summed E-state index contributed by atoms with van der Waals surface area (Å²) in [6.07, 6.45) is 0. The molecule has 0 bridgehead atoms. The number of nitrogens with zero attached hydrogens (tertiary/aromatic N) is 1. The Morgan fingerprint density at radius 3 is 1.64 bits per heavy atom. The molecule has 0 spiro atoms. The standard InChI is InChI=1S/C8H9N.2Y/c1-9(2)8-6-4-3-5-7-8;;/h3-7H,1-2H2;;/q-2;;. The molecule has 0 aliphatic rings. The number of hydrogen-bond donors (Lipinski definition) is 0. The Kier molecular flexibility index (Phi) is 10.5. The maximum atomic E-state index is 3.63. The van der Waals surface area contributed by atoms with Crippen molar-refractivity contribution in [3.8, 4) is 0 Å². The summed E-state index contributed by atoms with van der Waals surface area (Å²) in [6.45, 7) is 0. The van der Waals surface area contributed by atoms with Crippen molar-refractivity contribution in [2.45, 2.75) is 0 Å². The van der Waals surface area contributed by atoms with Crippen molar-refractivity contribution >= 4 is 5.69 Å². The fourth-order valence-electron chi connectivity index (χ4n) is 0.639. The van der Waals surface area contributed by atoms with Crippen LogP contribution in [-0.2, 0) is 65.4 Å². The molecule has 1 nitrogen and oxygen atoms in total. The molecule has 0 aliphatic carbocycles. The van der Waals surface area contributed by atoms with Crippen molar-refractivity contribution in [3.05, 3.63) is 44.4 Å². The fraction of sp³-hybridized carbons (Fsp3) is 0. The average molecular weight is 297 g/mol. The molecular weight excluding hydrogens is 288 g/mol. The van der Waals surface area contributed by atoms with Gasteiger partial charge in [0.05, 0.1) is 0 Å². The first-order chi connectivity index (χ1) is 4.30. The molecule has 0 aromatic heterocycles. The molecule has 11 heavy (non-hydrogen) atoms. The molecule has 0 saturated carbocycles. The summed E-state index contributed by atoms with van der Waals surface area (Å²) in [5, 5.41) is 0. The SMILES string of the molecule is [CH2-]N([CH2-])c1ccccc1.[Y].[Y]. The van der Waals surface area contributed by atoms with Gasteiger partial charge in [-0.1, -0.05) is 18.2 Å². The smallest absolute Gasteiger partial charge is 0 e. The summed E-state index contributed by atoms with van der Waals surface area (Å²) in [5.41, 5.74) is 1.03. The Morgan fingerprint density at radius 2 is 1.36 bits per heavy atom. The zero-order chi connectivity index (χ0) is 6.69. The number of para-hydroxylation sites is 1. The third-order valence-corrected chi connectivity index (χ3v) is 1.12. The zero-order valence-corrected chi connectivity index (χ0v) is 12.1. The Bertz CT molecular complexity index is 175. The predicted molar refractivity (Wildman–Crippen MR) is 39.6 cm³/mol. The van der Waals surface area contributed by atoms with Crippen molar-refractivity contribution in [2.24, 2.45) is 0 Å². The van der Waals surface area contributed by atoms with Crippen LogP contribution in [0.5, 0.6) is 0 Å². The van der Waals surface area contributed by atoms with E-state index in [1.165, 1.54) is 0 Å². The van der Waals surface area contributed by atoms with Gasteiger partial charge < -0.3 is 4.90 Å². The molecule has 0 saturated heterocycles. The molecule has 1 aromatic rings. The van der Waals surface area contributed by atoms with Gasteiger partial charge >= 0.3 is 0 Å². The van der Waals surface area contributed by atoms with Crippen molar-refractivity contribution in [1.29, 1.82) is 0 Å². The second-order valence-electron chi connectivity index (χ2n) is 1.88. The van der Waals surface area contributed by atoms with Gasteiger partial charge in [0, 0.05) is 65.4 Å². The quantitative estimate of drug-likeness (QED) is 0.717. The molecule has 1 rings (SSSR count). The first kappa shape index (κ1) is 14.7. The van der Waals surface area contributed by atoms with E-state index in [1.54, 1.807) is 4.90 Å². The van der Waals surface area contributed by atoms with E-state index in [0.717, 1.165) is 5.69 Å². The minimum Gasteiger partial charge on any atom is -0.670 e.